The zero-order chi connectivity index (χ0) is 20.8. The second-order valence-electron chi connectivity index (χ2n) is 9.95. The van der Waals surface area contributed by atoms with Crippen LogP contribution in [0.3, 0.4) is 0 Å². The highest BCUT2D eigenvalue weighted by atomic mass is 16.2. The summed E-state index contributed by atoms with van der Waals surface area (Å²) in [5.41, 5.74) is 3.39. The van der Waals surface area contributed by atoms with Crippen molar-refractivity contribution < 1.29 is 9.59 Å². The molecule has 1 fully saturated rings. The standard InChI is InChI=1S/C24H36N2O2/c1-15(2)26(19-10-8-9-16(3)11-19)22(27)20-13-21-18(12-17(20)4)14-24(5,6)23(28)25(21)7/h12-13,15-16,19H,8-11,14H2,1-7H3. The van der Waals surface area contributed by atoms with Gasteiger partial charge in [-0.25, -0.2) is 0 Å². The first-order valence-corrected chi connectivity index (χ1v) is 10.8. The van der Waals surface area contributed by atoms with Crippen LogP contribution < -0.4 is 4.90 Å². The second kappa shape index (κ2) is 7.53. The summed E-state index contributed by atoms with van der Waals surface area (Å²) >= 11 is 0. The highest BCUT2D eigenvalue weighted by Crippen LogP contribution is 2.38. The van der Waals surface area contributed by atoms with Crippen molar-refractivity contribution in [2.45, 2.75) is 85.7 Å². The molecule has 1 aromatic carbocycles. The van der Waals surface area contributed by atoms with Gasteiger partial charge in [0.25, 0.3) is 5.91 Å². The number of hydrogen-bond donors (Lipinski definition) is 0. The summed E-state index contributed by atoms with van der Waals surface area (Å²) in [7, 11) is 1.83. The Morgan fingerprint density at radius 3 is 2.54 bits per heavy atom. The number of anilines is 1. The van der Waals surface area contributed by atoms with Gasteiger partial charge in [0.15, 0.2) is 0 Å². The maximum Gasteiger partial charge on any atom is 0.254 e. The maximum atomic E-state index is 13.6. The van der Waals surface area contributed by atoms with E-state index in [0.717, 1.165) is 41.6 Å². The second-order valence-corrected chi connectivity index (χ2v) is 9.95. The minimum Gasteiger partial charge on any atom is -0.333 e. The quantitative estimate of drug-likeness (QED) is 0.738. The van der Waals surface area contributed by atoms with E-state index < -0.39 is 5.41 Å². The molecular formula is C24H36N2O2. The molecule has 1 aliphatic heterocycles. The minimum absolute atomic E-state index is 0.111. The summed E-state index contributed by atoms with van der Waals surface area (Å²) in [6.07, 6.45) is 5.34. The van der Waals surface area contributed by atoms with Gasteiger partial charge in [-0.1, -0.05) is 39.7 Å². The van der Waals surface area contributed by atoms with E-state index in [1.165, 1.54) is 12.8 Å². The highest BCUT2D eigenvalue weighted by Gasteiger charge is 2.38. The molecular weight excluding hydrogens is 348 g/mol. The van der Waals surface area contributed by atoms with Crippen LogP contribution in [-0.2, 0) is 11.2 Å². The average molecular weight is 385 g/mol. The first kappa shape index (κ1) is 20.9. The van der Waals surface area contributed by atoms with E-state index in [-0.39, 0.29) is 17.9 Å². The average Bonchev–Trinajstić information content (AvgIpc) is 2.59. The Bertz CT molecular complexity index is 781. The minimum atomic E-state index is -0.401. The fourth-order valence-electron chi connectivity index (χ4n) is 5.17. The van der Waals surface area contributed by atoms with Crippen LogP contribution in [0.2, 0.25) is 0 Å². The van der Waals surface area contributed by atoms with Crippen LogP contribution in [0, 0.1) is 18.3 Å². The van der Waals surface area contributed by atoms with Gasteiger partial charge in [0.1, 0.15) is 0 Å². The van der Waals surface area contributed by atoms with Gasteiger partial charge in [-0.2, -0.15) is 0 Å². The third kappa shape index (κ3) is 3.70. The van der Waals surface area contributed by atoms with Crippen molar-refractivity contribution >= 4 is 17.5 Å². The van der Waals surface area contributed by atoms with Crippen LogP contribution in [0.5, 0.6) is 0 Å². The van der Waals surface area contributed by atoms with Crippen molar-refractivity contribution in [1.29, 1.82) is 0 Å². The first-order chi connectivity index (χ1) is 13.0. The molecule has 0 radical (unpaired) electrons. The summed E-state index contributed by atoms with van der Waals surface area (Å²) in [5.74, 6) is 0.896. The normalized spacial score (nSPS) is 24.3. The molecule has 4 nitrogen and oxygen atoms in total. The summed E-state index contributed by atoms with van der Waals surface area (Å²) in [6, 6.07) is 4.55. The summed E-state index contributed by atoms with van der Waals surface area (Å²) < 4.78 is 0. The number of benzene rings is 1. The number of amides is 2. The fourth-order valence-corrected chi connectivity index (χ4v) is 5.17. The van der Waals surface area contributed by atoms with Gasteiger partial charge in [0.05, 0.1) is 0 Å². The molecule has 0 bridgehead atoms. The molecule has 0 saturated heterocycles. The van der Waals surface area contributed by atoms with Gasteiger partial charge in [-0.15, -0.1) is 0 Å². The Kier molecular flexibility index (Phi) is 5.62. The summed E-state index contributed by atoms with van der Waals surface area (Å²) in [6.45, 7) is 12.5. The molecule has 28 heavy (non-hydrogen) atoms. The molecule has 154 valence electrons. The molecule has 2 aliphatic rings. The van der Waals surface area contributed by atoms with E-state index in [4.69, 9.17) is 0 Å². The summed E-state index contributed by atoms with van der Waals surface area (Å²) in [5, 5.41) is 0. The molecule has 2 amide bonds. The molecule has 1 heterocycles. The fraction of sp³-hybridized carbons (Fsp3) is 0.667. The van der Waals surface area contributed by atoms with Crippen molar-refractivity contribution in [2.75, 3.05) is 11.9 Å². The zero-order valence-corrected chi connectivity index (χ0v) is 18.6. The van der Waals surface area contributed by atoms with Crippen molar-refractivity contribution in [3.8, 4) is 0 Å². The predicted molar refractivity (Wildman–Crippen MR) is 115 cm³/mol. The Hall–Kier alpha value is -1.84. The lowest BCUT2D eigenvalue weighted by Crippen LogP contribution is -2.47. The van der Waals surface area contributed by atoms with Crippen molar-refractivity contribution in [3.05, 3.63) is 28.8 Å². The monoisotopic (exact) mass is 384 g/mol. The highest BCUT2D eigenvalue weighted by molar-refractivity contribution is 6.03. The van der Waals surface area contributed by atoms with E-state index in [0.29, 0.717) is 12.0 Å². The van der Waals surface area contributed by atoms with Crippen LogP contribution >= 0.6 is 0 Å². The molecule has 2 unspecified atom stereocenters. The van der Waals surface area contributed by atoms with E-state index in [1.54, 1.807) is 4.90 Å². The largest absolute Gasteiger partial charge is 0.333 e. The molecule has 1 saturated carbocycles. The zero-order valence-electron chi connectivity index (χ0n) is 18.6. The number of aryl methyl sites for hydroxylation is 1. The molecule has 0 N–H and O–H groups in total. The first-order valence-electron chi connectivity index (χ1n) is 10.8. The van der Waals surface area contributed by atoms with Gasteiger partial charge in [-0.05, 0) is 63.1 Å². The number of hydrogen-bond acceptors (Lipinski definition) is 2. The van der Waals surface area contributed by atoms with Crippen molar-refractivity contribution in [2.24, 2.45) is 11.3 Å². The van der Waals surface area contributed by atoms with Crippen LogP contribution in [0.4, 0.5) is 5.69 Å². The van der Waals surface area contributed by atoms with Crippen LogP contribution in [-0.4, -0.2) is 35.8 Å². The molecule has 0 aromatic heterocycles. The molecule has 0 spiro atoms. The number of nitrogens with zero attached hydrogens (tertiary/aromatic N) is 2. The predicted octanol–water partition coefficient (Wildman–Crippen LogP) is 4.97. The third-order valence-electron chi connectivity index (χ3n) is 6.63. The lowest BCUT2D eigenvalue weighted by molar-refractivity contribution is -0.126. The number of carbonyl (C=O) groups excluding carboxylic acids is 2. The molecule has 1 aliphatic carbocycles. The topological polar surface area (TPSA) is 40.6 Å². The van der Waals surface area contributed by atoms with Crippen molar-refractivity contribution in [3.63, 3.8) is 0 Å². The Balaban J connectivity index is 1.98. The van der Waals surface area contributed by atoms with Gasteiger partial charge < -0.3 is 9.80 Å². The molecule has 1 aromatic rings. The van der Waals surface area contributed by atoms with Gasteiger partial charge >= 0.3 is 0 Å². The summed E-state index contributed by atoms with van der Waals surface area (Å²) in [4.78, 5) is 30.2. The van der Waals surface area contributed by atoms with E-state index in [1.807, 2.05) is 33.9 Å². The molecule has 3 rings (SSSR count). The lowest BCUT2D eigenvalue weighted by atomic mass is 9.79. The number of carbonyl (C=O) groups is 2. The van der Waals surface area contributed by atoms with E-state index >= 15 is 0 Å². The van der Waals surface area contributed by atoms with Crippen LogP contribution in [0.1, 0.15) is 81.8 Å². The Morgan fingerprint density at radius 1 is 1.25 bits per heavy atom. The Morgan fingerprint density at radius 2 is 1.93 bits per heavy atom. The van der Waals surface area contributed by atoms with Gasteiger partial charge in [0, 0.05) is 35.8 Å². The van der Waals surface area contributed by atoms with Gasteiger partial charge in [-0.3, -0.25) is 9.59 Å². The van der Waals surface area contributed by atoms with Crippen LogP contribution in [0.25, 0.3) is 0 Å². The third-order valence-corrected chi connectivity index (χ3v) is 6.63. The maximum absolute atomic E-state index is 13.6. The smallest absolute Gasteiger partial charge is 0.254 e. The lowest BCUT2D eigenvalue weighted by Gasteiger charge is -2.40. The molecule has 4 heteroatoms. The number of fused-ring (bicyclic) bond motifs is 1. The molecule has 2 atom stereocenters. The van der Waals surface area contributed by atoms with E-state index in [2.05, 4.69) is 31.7 Å². The van der Waals surface area contributed by atoms with Gasteiger partial charge in [0.2, 0.25) is 5.91 Å². The number of rotatable bonds is 3. The van der Waals surface area contributed by atoms with Crippen LogP contribution in [0.15, 0.2) is 12.1 Å². The van der Waals surface area contributed by atoms with E-state index in [9.17, 15) is 9.59 Å². The van der Waals surface area contributed by atoms with Crippen molar-refractivity contribution in [1.82, 2.24) is 4.90 Å². The SMILES string of the molecule is Cc1cc2c(cc1C(=O)N(C(C)C)C1CCCC(C)C1)N(C)C(=O)C(C)(C)C2. The Labute approximate surface area is 170 Å².